The van der Waals surface area contributed by atoms with Crippen LogP contribution in [0, 0.1) is 11.8 Å². The van der Waals surface area contributed by atoms with Crippen LogP contribution in [0.15, 0.2) is 0 Å². The SMILES string of the molecule is CC1CC(C)N(C(=O)CC(N)C2CC2)C1. The van der Waals surface area contributed by atoms with Gasteiger partial charge in [0.2, 0.25) is 5.91 Å². The molecule has 3 nitrogen and oxygen atoms in total. The van der Waals surface area contributed by atoms with Crippen LogP contribution in [-0.2, 0) is 4.79 Å². The van der Waals surface area contributed by atoms with Crippen molar-refractivity contribution in [3.63, 3.8) is 0 Å². The van der Waals surface area contributed by atoms with E-state index in [0.717, 1.165) is 13.0 Å². The van der Waals surface area contributed by atoms with Crippen molar-refractivity contribution in [2.45, 2.75) is 51.6 Å². The van der Waals surface area contributed by atoms with Gasteiger partial charge < -0.3 is 10.6 Å². The first-order chi connectivity index (χ1) is 7.08. The Labute approximate surface area is 92.0 Å². The van der Waals surface area contributed by atoms with E-state index in [4.69, 9.17) is 5.73 Å². The first-order valence-corrected chi connectivity index (χ1v) is 6.13. The van der Waals surface area contributed by atoms with Crippen molar-refractivity contribution in [2.75, 3.05) is 6.54 Å². The molecular weight excluding hydrogens is 188 g/mol. The third kappa shape index (κ3) is 2.51. The molecule has 3 heteroatoms. The third-order valence-corrected chi connectivity index (χ3v) is 3.74. The van der Waals surface area contributed by atoms with E-state index in [9.17, 15) is 4.79 Å². The van der Waals surface area contributed by atoms with E-state index < -0.39 is 0 Å². The number of nitrogens with zero attached hydrogens (tertiary/aromatic N) is 1. The molecule has 0 radical (unpaired) electrons. The molecule has 3 unspecified atom stereocenters. The number of nitrogens with two attached hydrogens (primary N) is 1. The molecule has 0 aromatic rings. The Morgan fingerprint density at radius 1 is 1.47 bits per heavy atom. The Balaban J connectivity index is 1.84. The average molecular weight is 210 g/mol. The van der Waals surface area contributed by atoms with Crippen molar-refractivity contribution in [1.29, 1.82) is 0 Å². The van der Waals surface area contributed by atoms with Crippen LogP contribution in [0.4, 0.5) is 0 Å². The lowest BCUT2D eigenvalue weighted by Crippen LogP contribution is -2.38. The Kier molecular flexibility index (Phi) is 3.01. The van der Waals surface area contributed by atoms with E-state index in [2.05, 4.69) is 13.8 Å². The molecule has 0 aromatic carbocycles. The number of carbonyl (C=O) groups excluding carboxylic acids is 1. The highest BCUT2D eigenvalue weighted by atomic mass is 16.2. The molecule has 2 aliphatic rings. The molecule has 2 rings (SSSR count). The maximum absolute atomic E-state index is 12.0. The van der Waals surface area contributed by atoms with Crippen molar-refractivity contribution in [2.24, 2.45) is 17.6 Å². The lowest BCUT2D eigenvalue weighted by atomic mass is 10.1. The van der Waals surface area contributed by atoms with Crippen LogP contribution in [0.5, 0.6) is 0 Å². The molecule has 1 aliphatic heterocycles. The van der Waals surface area contributed by atoms with Crippen molar-refractivity contribution in [3.8, 4) is 0 Å². The molecule has 1 saturated carbocycles. The Bertz CT molecular complexity index is 250. The van der Waals surface area contributed by atoms with Crippen molar-refractivity contribution < 1.29 is 4.79 Å². The van der Waals surface area contributed by atoms with Crippen LogP contribution in [0.25, 0.3) is 0 Å². The quantitative estimate of drug-likeness (QED) is 0.764. The molecule has 1 saturated heterocycles. The van der Waals surface area contributed by atoms with E-state index in [1.165, 1.54) is 12.8 Å². The van der Waals surface area contributed by atoms with E-state index >= 15 is 0 Å². The lowest BCUT2D eigenvalue weighted by Gasteiger charge is -2.23. The smallest absolute Gasteiger partial charge is 0.224 e. The summed E-state index contributed by atoms with van der Waals surface area (Å²) in [6.45, 7) is 5.28. The van der Waals surface area contributed by atoms with Gasteiger partial charge in [0.25, 0.3) is 0 Å². The third-order valence-electron chi connectivity index (χ3n) is 3.74. The molecule has 15 heavy (non-hydrogen) atoms. The zero-order chi connectivity index (χ0) is 11.0. The highest BCUT2D eigenvalue weighted by Gasteiger charge is 2.34. The van der Waals surface area contributed by atoms with Gasteiger partial charge in [0.1, 0.15) is 0 Å². The molecule has 86 valence electrons. The molecule has 2 N–H and O–H groups in total. The summed E-state index contributed by atoms with van der Waals surface area (Å²) in [4.78, 5) is 14.0. The highest BCUT2D eigenvalue weighted by Crippen LogP contribution is 2.33. The van der Waals surface area contributed by atoms with Gasteiger partial charge in [-0.1, -0.05) is 6.92 Å². The number of hydrogen-bond acceptors (Lipinski definition) is 2. The normalized spacial score (nSPS) is 33.1. The number of rotatable bonds is 3. The molecule has 0 spiro atoms. The van der Waals surface area contributed by atoms with Crippen LogP contribution in [0.2, 0.25) is 0 Å². The molecule has 2 fully saturated rings. The van der Waals surface area contributed by atoms with Gasteiger partial charge in [-0.15, -0.1) is 0 Å². The summed E-state index contributed by atoms with van der Waals surface area (Å²) in [5.74, 6) is 1.55. The zero-order valence-corrected chi connectivity index (χ0v) is 9.78. The van der Waals surface area contributed by atoms with Gasteiger partial charge in [0.05, 0.1) is 0 Å². The topological polar surface area (TPSA) is 46.3 Å². The van der Waals surface area contributed by atoms with E-state index in [-0.39, 0.29) is 11.9 Å². The van der Waals surface area contributed by atoms with E-state index in [1.807, 2.05) is 4.90 Å². The van der Waals surface area contributed by atoms with Crippen LogP contribution in [-0.4, -0.2) is 29.4 Å². The Hall–Kier alpha value is -0.570. The number of carbonyl (C=O) groups is 1. The van der Waals surface area contributed by atoms with Gasteiger partial charge in [-0.25, -0.2) is 0 Å². The summed E-state index contributed by atoms with van der Waals surface area (Å²) < 4.78 is 0. The number of hydrogen-bond donors (Lipinski definition) is 1. The van der Waals surface area contributed by atoms with Gasteiger partial charge in [0, 0.05) is 25.0 Å². The van der Waals surface area contributed by atoms with E-state index in [0.29, 0.717) is 24.3 Å². The second kappa shape index (κ2) is 4.12. The summed E-state index contributed by atoms with van der Waals surface area (Å²) >= 11 is 0. The predicted octanol–water partition coefficient (Wildman–Crippen LogP) is 1.37. The summed E-state index contributed by atoms with van der Waals surface area (Å²) in [5.41, 5.74) is 5.98. The van der Waals surface area contributed by atoms with Crippen LogP contribution >= 0.6 is 0 Å². The number of amides is 1. The Morgan fingerprint density at radius 3 is 2.60 bits per heavy atom. The summed E-state index contributed by atoms with van der Waals surface area (Å²) in [6.07, 6.45) is 4.15. The fourth-order valence-corrected chi connectivity index (χ4v) is 2.66. The Morgan fingerprint density at radius 2 is 2.13 bits per heavy atom. The predicted molar refractivity (Wildman–Crippen MR) is 60.3 cm³/mol. The summed E-state index contributed by atoms with van der Waals surface area (Å²) in [5, 5.41) is 0. The van der Waals surface area contributed by atoms with Crippen LogP contribution in [0.3, 0.4) is 0 Å². The summed E-state index contributed by atoms with van der Waals surface area (Å²) in [7, 11) is 0. The summed E-state index contributed by atoms with van der Waals surface area (Å²) in [6, 6.07) is 0.527. The second-order valence-corrected chi connectivity index (χ2v) is 5.44. The van der Waals surface area contributed by atoms with Crippen molar-refractivity contribution >= 4 is 5.91 Å². The van der Waals surface area contributed by atoms with Gasteiger partial charge in [-0.05, 0) is 38.0 Å². The maximum atomic E-state index is 12.0. The minimum Gasteiger partial charge on any atom is -0.340 e. The monoisotopic (exact) mass is 210 g/mol. The standard InChI is InChI=1S/C12H22N2O/c1-8-5-9(2)14(7-8)12(15)6-11(13)10-3-4-10/h8-11H,3-7,13H2,1-2H3. The average Bonchev–Trinajstić information content (AvgIpc) is 2.92. The van der Waals surface area contributed by atoms with E-state index in [1.54, 1.807) is 0 Å². The zero-order valence-electron chi connectivity index (χ0n) is 9.78. The van der Waals surface area contributed by atoms with Crippen LogP contribution in [0.1, 0.15) is 39.5 Å². The minimum atomic E-state index is 0.112. The molecule has 0 aromatic heterocycles. The van der Waals surface area contributed by atoms with Crippen molar-refractivity contribution in [1.82, 2.24) is 4.90 Å². The molecule has 1 heterocycles. The largest absolute Gasteiger partial charge is 0.340 e. The van der Waals surface area contributed by atoms with Gasteiger partial charge in [0.15, 0.2) is 0 Å². The highest BCUT2D eigenvalue weighted by molar-refractivity contribution is 5.77. The molecule has 1 amide bonds. The molecule has 3 atom stereocenters. The van der Waals surface area contributed by atoms with Crippen molar-refractivity contribution in [3.05, 3.63) is 0 Å². The number of likely N-dealkylation sites (tertiary alicyclic amines) is 1. The molecular formula is C12H22N2O. The fourth-order valence-electron chi connectivity index (χ4n) is 2.66. The second-order valence-electron chi connectivity index (χ2n) is 5.44. The lowest BCUT2D eigenvalue weighted by molar-refractivity contribution is -0.132. The molecule has 0 bridgehead atoms. The maximum Gasteiger partial charge on any atom is 0.224 e. The van der Waals surface area contributed by atoms with Gasteiger partial charge in [-0.3, -0.25) is 4.79 Å². The fraction of sp³-hybridized carbons (Fsp3) is 0.917. The van der Waals surface area contributed by atoms with Crippen LogP contribution < -0.4 is 5.73 Å². The first kappa shape index (κ1) is 10.9. The first-order valence-electron chi connectivity index (χ1n) is 6.13. The minimum absolute atomic E-state index is 0.112. The van der Waals surface area contributed by atoms with Gasteiger partial charge in [-0.2, -0.15) is 0 Å². The van der Waals surface area contributed by atoms with Gasteiger partial charge >= 0.3 is 0 Å². The molecule has 1 aliphatic carbocycles.